The van der Waals surface area contributed by atoms with E-state index in [1.54, 1.807) is 17.0 Å². The van der Waals surface area contributed by atoms with Crippen LogP contribution in [0.25, 0.3) is 0 Å². The molecule has 136 valence electrons. The molecular formula is C21H23FN2O2. The van der Waals surface area contributed by atoms with Gasteiger partial charge in [0.05, 0.1) is 12.0 Å². The van der Waals surface area contributed by atoms with Crippen molar-refractivity contribution in [2.75, 3.05) is 6.54 Å². The van der Waals surface area contributed by atoms with Crippen LogP contribution in [0.4, 0.5) is 4.39 Å². The van der Waals surface area contributed by atoms with Gasteiger partial charge in [-0.3, -0.25) is 9.59 Å². The van der Waals surface area contributed by atoms with Crippen LogP contribution in [-0.2, 0) is 16.1 Å². The first kappa shape index (κ1) is 18.1. The Hall–Kier alpha value is -2.69. The van der Waals surface area contributed by atoms with Crippen LogP contribution in [0.1, 0.15) is 36.1 Å². The molecule has 4 nitrogen and oxygen atoms in total. The average molecular weight is 354 g/mol. The van der Waals surface area contributed by atoms with Gasteiger partial charge in [0.2, 0.25) is 11.8 Å². The number of aryl methyl sites for hydroxylation is 1. The standard InChI is InChI=1S/C21H23FN2O2/c1-14-3-5-16(6-4-14)12-24-13-18(11-20(24)25)21(26)23-15(2)17-7-9-19(22)10-8-17/h3-10,15,18H,11-13H2,1-2H3,(H,23,26)/t15-,18+/m0/s1. The van der Waals surface area contributed by atoms with Crippen LogP contribution in [0.15, 0.2) is 48.5 Å². The van der Waals surface area contributed by atoms with E-state index in [1.807, 2.05) is 38.1 Å². The second-order valence-corrected chi connectivity index (χ2v) is 6.94. The fraction of sp³-hybridized carbons (Fsp3) is 0.333. The van der Waals surface area contributed by atoms with Gasteiger partial charge >= 0.3 is 0 Å². The molecule has 5 heteroatoms. The number of amides is 2. The van der Waals surface area contributed by atoms with Gasteiger partial charge in [-0.2, -0.15) is 0 Å². The van der Waals surface area contributed by atoms with Crippen molar-refractivity contribution in [1.82, 2.24) is 10.2 Å². The molecule has 2 aromatic carbocycles. The summed E-state index contributed by atoms with van der Waals surface area (Å²) in [6.07, 6.45) is 0.230. The second-order valence-electron chi connectivity index (χ2n) is 6.94. The summed E-state index contributed by atoms with van der Waals surface area (Å²) < 4.78 is 13.0. The van der Waals surface area contributed by atoms with Gasteiger partial charge in [-0.25, -0.2) is 4.39 Å². The third-order valence-electron chi connectivity index (χ3n) is 4.81. The van der Waals surface area contributed by atoms with E-state index in [1.165, 1.54) is 17.7 Å². The summed E-state index contributed by atoms with van der Waals surface area (Å²) in [7, 11) is 0. The van der Waals surface area contributed by atoms with Crippen molar-refractivity contribution in [1.29, 1.82) is 0 Å². The van der Waals surface area contributed by atoms with E-state index in [4.69, 9.17) is 0 Å². The van der Waals surface area contributed by atoms with Gasteiger partial charge in [-0.05, 0) is 37.1 Å². The molecule has 0 saturated carbocycles. The number of hydrogen-bond donors (Lipinski definition) is 1. The van der Waals surface area contributed by atoms with Crippen LogP contribution in [0.5, 0.6) is 0 Å². The molecule has 2 atom stereocenters. The highest BCUT2D eigenvalue weighted by Gasteiger charge is 2.34. The van der Waals surface area contributed by atoms with Crippen molar-refractivity contribution in [2.45, 2.75) is 32.9 Å². The Morgan fingerprint density at radius 2 is 1.85 bits per heavy atom. The molecule has 0 aromatic heterocycles. The highest BCUT2D eigenvalue weighted by Crippen LogP contribution is 2.22. The minimum atomic E-state index is -0.351. The van der Waals surface area contributed by atoms with Crippen molar-refractivity contribution >= 4 is 11.8 Å². The van der Waals surface area contributed by atoms with E-state index in [0.717, 1.165) is 11.1 Å². The van der Waals surface area contributed by atoms with E-state index >= 15 is 0 Å². The fourth-order valence-electron chi connectivity index (χ4n) is 3.18. The number of nitrogens with zero attached hydrogens (tertiary/aromatic N) is 1. The Balaban J connectivity index is 1.57. The number of benzene rings is 2. The molecule has 0 unspecified atom stereocenters. The molecule has 1 aliphatic rings. The molecule has 2 amide bonds. The van der Waals surface area contributed by atoms with Crippen LogP contribution in [0.3, 0.4) is 0 Å². The topological polar surface area (TPSA) is 49.4 Å². The summed E-state index contributed by atoms with van der Waals surface area (Å²) in [5.74, 6) is -0.794. The average Bonchev–Trinajstić information content (AvgIpc) is 2.98. The molecule has 1 fully saturated rings. The number of carbonyl (C=O) groups excluding carboxylic acids is 2. The number of hydrogen-bond acceptors (Lipinski definition) is 2. The van der Waals surface area contributed by atoms with E-state index in [-0.39, 0.29) is 36.0 Å². The molecule has 2 aromatic rings. The van der Waals surface area contributed by atoms with Crippen molar-refractivity contribution in [3.05, 3.63) is 71.0 Å². The molecule has 1 saturated heterocycles. The Bertz CT molecular complexity index is 787. The number of halogens is 1. The zero-order valence-electron chi connectivity index (χ0n) is 15.0. The Morgan fingerprint density at radius 3 is 2.50 bits per heavy atom. The normalized spacial score (nSPS) is 18.0. The maximum Gasteiger partial charge on any atom is 0.225 e. The van der Waals surface area contributed by atoms with Gasteiger partial charge in [-0.15, -0.1) is 0 Å². The molecule has 3 rings (SSSR count). The molecule has 26 heavy (non-hydrogen) atoms. The molecule has 0 aliphatic carbocycles. The van der Waals surface area contributed by atoms with Crippen molar-refractivity contribution in [3.63, 3.8) is 0 Å². The molecule has 1 N–H and O–H groups in total. The molecule has 0 bridgehead atoms. The largest absolute Gasteiger partial charge is 0.349 e. The predicted molar refractivity (Wildman–Crippen MR) is 97.7 cm³/mol. The number of rotatable bonds is 5. The van der Waals surface area contributed by atoms with Crippen LogP contribution >= 0.6 is 0 Å². The lowest BCUT2D eigenvalue weighted by Crippen LogP contribution is -2.34. The molecule has 1 aliphatic heterocycles. The first-order valence-electron chi connectivity index (χ1n) is 8.81. The number of nitrogens with one attached hydrogen (secondary N) is 1. The predicted octanol–water partition coefficient (Wildman–Crippen LogP) is 3.36. The summed E-state index contributed by atoms with van der Waals surface area (Å²) in [6, 6.07) is 13.9. The molecule has 0 radical (unpaired) electrons. The monoisotopic (exact) mass is 354 g/mol. The SMILES string of the molecule is Cc1ccc(CN2C[C@H](C(=O)N[C@@H](C)c3ccc(F)cc3)CC2=O)cc1. The third-order valence-corrected chi connectivity index (χ3v) is 4.81. The molecular weight excluding hydrogens is 331 g/mol. The lowest BCUT2D eigenvalue weighted by molar-refractivity contribution is -0.129. The van der Waals surface area contributed by atoms with Crippen molar-refractivity contribution < 1.29 is 14.0 Å². The van der Waals surface area contributed by atoms with Gasteiger partial charge in [-0.1, -0.05) is 42.0 Å². The Kier molecular flexibility index (Phi) is 5.35. The van der Waals surface area contributed by atoms with Crippen LogP contribution in [-0.4, -0.2) is 23.3 Å². The number of likely N-dealkylation sites (tertiary alicyclic amines) is 1. The van der Waals surface area contributed by atoms with Crippen LogP contribution in [0.2, 0.25) is 0 Å². The summed E-state index contributed by atoms with van der Waals surface area (Å²) in [5.41, 5.74) is 3.07. The second kappa shape index (κ2) is 7.68. The number of carbonyl (C=O) groups is 2. The molecule has 0 spiro atoms. The lowest BCUT2D eigenvalue weighted by Gasteiger charge is -2.19. The zero-order chi connectivity index (χ0) is 18.7. The van der Waals surface area contributed by atoms with Gasteiger partial charge in [0, 0.05) is 19.5 Å². The zero-order valence-corrected chi connectivity index (χ0v) is 15.0. The van der Waals surface area contributed by atoms with Gasteiger partial charge < -0.3 is 10.2 Å². The smallest absolute Gasteiger partial charge is 0.225 e. The Labute approximate surface area is 153 Å². The van der Waals surface area contributed by atoms with Gasteiger partial charge in [0.1, 0.15) is 5.82 Å². The van der Waals surface area contributed by atoms with E-state index in [2.05, 4.69) is 5.32 Å². The summed E-state index contributed by atoms with van der Waals surface area (Å²) in [6.45, 7) is 4.82. The molecule has 1 heterocycles. The van der Waals surface area contributed by atoms with Crippen LogP contribution in [0, 0.1) is 18.7 Å². The van der Waals surface area contributed by atoms with E-state index < -0.39 is 0 Å². The summed E-state index contributed by atoms with van der Waals surface area (Å²) in [5, 5.41) is 2.93. The summed E-state index contributed by atoms with van der Waals surface area (Å²) >= 11 is 0. The fourth-order valence-corrected chi connectivity index (χ4v) is 3.18. The quantitative estimate of drug-likeness (QED) is 0.895. The minimum Gasteiger partial charge on any atom is -0.349 e. The van der Waals surface area contributed by atoms with Crippen molar-refractivity contribution in [3.8, 4) is 0 Å². The highest BCUT2D eigenvalue weighted by atomic mass is 19.1. The van der Waals surface area contributed by atoms with E-state index in [0.29, 0.717) is 13.1 Å². The maximum absolute atomic E-state index is 13.0. The summed E-state index contributed by atoms with van der Waals surface area (Å²) in [4.78, 5) is 26.5. The van der Waals surface area contributed by atoms with E-state index in [9.17, 15) is 14.0 Å². The maximum atomic E-state index is 13.0. The van der Waals surface area contributed by atoms with Gasteiger partial charge in [0.15, 0.2) is 0 Å². The van der Waals surface area contributed by atoms with Gasteiger partial charge in [0.25, 0.3) is 0 Å². The first-order valence-corrected chi connectivity index (χ1v) is 8.81. The van der Waals surface area contributed by atoms with Crippen LogP contribution < -0.4 is 5.32 Å². The highest BCUT2D eigenvalue weighted by molar-refractivity contribution is 5.89. The Morgan fingerprint density at radius 1 is 1.19 bits per heavy atom. The van der Waals surface area contributed by atoms with Crippen molar-refractivity contribution in [2.24, 2.45) is 5.92 Å². The third kappa shape index (κ3) is 4.28. The minimum absolute atomic E-state index is 0.000148. The first-order chi connectivity index (χ1) is 12.4. The lowest BCUT2D eigenvalue weighted by atomic mass is 10.0.